The second-order valence-electron chi connectivity index (χ2n) is 3.84. The topological polar surface area (TPSA) is 44.5 Å². The van der Waals surface area contributed by atoms with Crippen molar-refractivity contribution < 1.29 is 9.47 Å². The van der Waals surface area contributed by atoms with Gasteiger partial charge in [-0.25, -0.2) is 0 Å². The van der Waals surface area contributed by atoms with Crippen LogP contribution in [0.3, 0.4) is 0 Å². The fourth-order valence-electron chi connectivity index (χ4n) is 1.93. The fourth-order valence-corrected chi connectivity index (χ4v) is 1.93. The largest absolute Gasteiger partial charge is 0.494 e. The first kappa shape index (κ1) is 10.3. The number of nitrogens with two attached hydrogens (primary N) is 1. The van der Waals surface area contributed by atoms with Gasteiger partial charge in [0.1, 0.15) is 17.6 Å². The predicted molar refractivity (Wildman–Crippen MR) is 59.3 cm³/mol. The monoisotopic (exact) mass is 207 g/mol. The minimum atomic E-state index is 0.266. The summed E-state index contributed by atoms with van der Waals surface area (Å²) in [6.45, 7) is 5.21. The number of ether oxygens (including phenoxy) is 2. The second kappa shape index (κ2) is 4.11. The summed E-state index contributed by atoms with van der Waals surface area (Å²) in [7, 11) is 0. The molecule has 1 aliphatic heterocycles. The van der Waals surface area contributed by atoms with Crippen molar-refractivity contribution in [2.75, 3.05) is 6.61 Å². The van der Waals surface area contributed by atoms with Gasteiger partial charge in [0.25, 0.3) is 0 Å². The van der Waals surface area contributed by atoms with Crippen molar-refractivity contribution in [3.8, 4) is 11.5 Å². The van der Waals surface area contributed by atoms with Crippen LogP contribution < -0.4 is 15.2 Å². The standard InChI is InChI=1S/C12H17NO2/c1-3-14-11-5-9-4-8(2)15-12(9)6-10(11)7-13/h5-6,8H,3-4,7,13H2,1-2H3/t8-/m0/s1. The van der Waals surface area contributed by atoms with E-state index >= 15 is 0 Å². The Bertz CT molecular complexity index is 363. The van der Waals surface area contributed by atoms with E-state index in [1.165, 1.54) is 5.56 Å². The van der Waals surface area contributed by atoms with Gasteiger partial charge >= 0.3 is 0 Å². The van der Waals surface area contributed by atoms with Crippen molar-refractivity contribution in [3.05, 3.63) is 23.3 Å². The van der Waals surface area contributed by atoms with Crippen LogP contribution in [0.4, 0.5) is 0 Å². The molecule has 2 N–H and O–H groups in total. The molecule has 0 amide bonds. The Morgan fingerprint density at radius 1 is 1.53 bits per heavy atom. The SMILES string of the molecule is CCOc1cc2c(cc1CN)O[C@@H](C)C2. The summed E-state index contributed by atoms with van der Waals surface area (Å²) in [6.07, 6.45) is 1.22. The van der Waals surface area contributed by atoms with Crippen molar-refractivity contribution in [2.24, 2.45) is 5.73 Å². The van der Waals surface area contributed by atoms with Crippen LogP contribution in [-0.4, -0.2) is 12.7 Å². The Balaban J connectivity index is 2.36. The zero-order valence-electron chi connectivity index (χ0n) is 9.25. The van der Waals surface area contributed by atoms with E-state index in [9.17, 15) is 0 Å². The molecule has 0 radical (unpaired) electrons. The van der Waals surface area contributed by atoms with Crippen molar-refractivity contribution in [1.82, 2.24) is 0 Å². The Hall–Kier alpha value is -1.22. The lowest BCUT2D eigenvalue weighted by Gasteiger charge is -2.10. The van der Waals surface area contributed by atoms with Gasteiger partial charge in [-0.05, 0) is 26.0 Å². The summed E-state index contributed by atoms with van der Waals surface area (Å²) in [5.74, 6) is 1.86. The van der Waals surface area contributed by atoms with E-state index in [1.807, 2.05) is 13.0 Å². The molecule has 1 aliphatic rings. The van der Waals surface area contributed by atoms with Crippen LogP contribution in [0.1, 0.15) is 25.0 Å². The number of rotatable bonds is 3. The smallest absolute Gasteiger partial charge is 0.124 e. The summed E-state index contributed by atoms with van der Waals surface area (Å²) in [6, 6.07) is 4.06. The van der Waals surface area contributed by atoms with Gasteiger partial charge in [0.05, 0.1) is 6.61 Å². The molecule has 1 atom stereocenters. The van der Waals surface area contributed by atoms with Crippen LogP contribution in [0, 0.1) is 0 Å². The van der Waals surface area contributed by atoms with E-state index in [4.69, 9.17) is 15.2 Å². The van der Waals surface area contributed by atoms with E-state index < -0.39 is 0 Å². The zero-order chi connectivity index (χ0) is 10.8. The van der Waals surface area contributed by atoms with Gasteiger partial charge in [0.15, 0.2) is 0 Å². The van der Waals surface area contributed by atoms with Crippen molar-refractivity contribution in [2.45, 2.75) is 32.9 Å². The quantitative estimate of drug-likeness (QED) is 0.823. The maximum absolute atomic E-state index is 5.67. The lowest BCUT2D eigenvalue weighted by atomic mass is 10.1. The maximum Gasteiger partial charge on any atom is 0.124 e. The highest BCUT2D eigenvalue weighted by atomic mass is 16.5. The highest BCUT2D eigenvalue weighted by Gasteiger charge is 2.21. The van der Waals surface area contributed by atoms with Crippen LogP contribution in [0.15, 0.2) is 12.1 Å². The summed E-state index contributed by atoms with van der Waals surface area (Å²) < 4.78 is 11.2. The molecule has 82 valence electrons. The molecule has 3 nitrogen and oxygen atoms in total. The lowest BCUT2D eigenvalue weighted by Crippen LogP contribution is -2.05. The van der Waals surface area contributed by atoms with Crippen LogP contribution in [0.2, 0.25) is 0 Å². The van der Waals surface area contributed by atoms with Gasteiger partial charge in [-0.15, -0.1) is 0 Å². The molecule has 3 heteroatoms. The van der Waals surface area contributed by atoms with Crippen molar-refractivity contribution in [3.63, 3.8) is 0 Å². The van der Waals surface area contributed by atoms with Gasteiger partial charge in [-0.2, -0.15) is 0 Å². The van der Waals surface area contributed by atoms with E-state index in [2.05, 4.69) is 13.0 Å². The molecule has 15 heavy (non-hydrogen) atoms. The number of benzene rings is 1. The third kappa shape index (κ3) is 1.92. The summed E-state index contributed by atoms with van der Waals surface area (Å²) >= 11 is 0. The van der Waals surface area contributed by atoms with Crippen LogP contribution in [-0.2, 0) is 13.0 Å². The third-order valence-corrected chi connectivity index (χ3v) is 2.60. The Labute approximate surface area is 90.2 Å². The van der Waals surface area contributed by atoms with E-state index in [-0.39, 0.29) is 6.10 Å². The lowest BCUT2D eigenvalue weighted by molar-refractivity contribution is 0.254. The molecule has 0 aromatic heterocycles. The van der Waals surface area contributed by atoms with E-state index in [0.717, 1.165) is 23.5 Å². The second-order valence-corrected chi connectivity index (χ2v) is 3.84. The molecule has 2 rings (SSSR count). The molecule has 0 saturated carbocycles. The van der Waals surface area contributed by atoms with Gasteiger partial charge in [0, 0.05) is 24.1 Å². The Morgan fingerprint density at radius 2 is 2.33 bits per heavy atom. The predicted octanol–water partition coefficient (Wildman–Crippen LogP) is 1.87. The molecule has 1 heterocycles. The molecule has 0 saturated heterocycles. The fraction of sp³-hybridized carbons (Fsp3) is 0.500. The van der Waals surface area contributed by atoms with Crippen LogP contribution >= 0.6 is 0 Å². The van der Waals surface area contributed by atoms with Gasteiger partial charge < -0.3 is 15.2 Å². The van der Waals surface area contributed by atoms with Crippen molar-refractivity contribution in [1.29, 1.82) is 0 Å². The average Bonchev–Trinajstić information content (AvgIpc) is 2.56. The molecule has 0 bridgehead atoms. The number of hydrogen-bond donors (Lipinski definition) is 1. The maximum atomic E-state index is 5.67. The molecule has 0 spiro atoms. The number of fused-ring (bicyclic) bond motifs is 1. The minimum Gasteiger partial charge on any atom is -0.494 e. The Kier molecular flexibility index (Phi) is 2.82. The average molecular weight is 207 g/mol. The summed E-state index contributed by atoms with van der Waals surface area (Å²) in [5.41, 5.74) is 7.92. The highest BCUT2D eigenvalue weighted by molar-refractivity contribution is 5.48. The minimum absolute atomic E-state index is 0.266. The van der Waals surface area contributed by atoms with Gasteiger partial charge in [-0.1, -0.05) is 0 Å². The number of hydrogen-bond acceptors (Lipinski definition) is 3. The molecule has 1 aromatic carbocycles. The van der Waals surface area contributed by atoms with Crippen LogP contribution in [0.25, 0.3) is 0 Å². The van der Waals surface area contributed by atoms with Gasteiger partial charge in [0.2, 0.25) is 0 Å². The van der Waals surface area contributed by atoms with Crippen molar-refractivity contribution >= 4 is 0 Å². The first-order valence-corrected chi connectivity index (χ1v) is 5.40. The molecule has 1 aromatic rings. The first-order valence-electron chi connectivity index (χ1n) is 5.40. The Morgan fingerprint density at radius 3 is 3.00 bits per heavy atom. The van der Waals surface area contributed by atoms with E-state index in [0.29, 0.717) is 13.2 Å². The van der Waals surface area contributed by atoms with Crippen LogP contribution in [0.5, 0.6) is 11.5 Å². The normalized spacial score (nSPS) is 18.5. The molecular formula is C12H17NO2. The summed E-state index contributed by atoms with van der Waals surface area (Å²) in [4.78, 5) is 0. The highest BCUT2D eigenvalue weighted by Crippen LogP contribution is 2.34. The summed E-state index contributed by atoms with van der Waals surface area (Å²) in [5, 5.41) is 0. The first-order chi connectivity index (χ1) is 7.24. The molecule has 0 fully saturated rings. The third-order valence-electron chi connectivity index (χ3n) is 2.60. The molecular weight excluding hydrogens is 190 g/mol. The van der Waals surface area contributed by atoms with E-state index in [1.54, 1.807) is 0 Å². The van der Waals surface area contributed by atoms with Gasteiger partial charge in [-0.3, -0.25) is 0 Å². The zero-order valence-corrected chi connectivity index (χ0v) is 9.25. The molecule has 0 aliphatic carbocycles. The molecule has 0 unspecified atom stereocenters.